The lowest BCUT2D eigenvalue weighted by Gasteiger charge is -2.25. The van der Waals surface area contributed by atoms with Gasteiger partial charge < -0.3 is 10.4 Å². The number of carbonyl (C=O) groups is 2. The molecule has 1 rings (SSSR count). The number of amides is 1. The first kappa shape index (κ1) is 16.1. The first-order valence-corrected chi connectivity index (χ1v) is 6.49. The summed E-state index contributed by atoms with van der Waals surface area (Å²) in [6.45, 7) is 5.45. The summed E-state index contributed by atoms with van der Waals surface area (Å²) < 4.78 is 13.2. The molecule has 20 heavy (non-hydrogen) atoms. The van der Waals surface area contributed by atoms with Crippen molar-refractivity contribution < 1.29 is 19.1 Å². The molecule has 0 aliphatic carbocycles. The zero-order valence-electron chi connectivity index (χ0n) is 11.9. The molecule has 1 aromatic carbocycles. The first-order valence-electron chi connectivity index (χ1n) is 6.49. The predicted octanol–water partition coefficient (Wildman–Crippen LogP) is 2.33. The van der Waals surface area contributed by atoms with E-state index in [0.29, 0.717) is 5.56 Å². The average Bonchev–Trinajstić information content (AvgIpc) is 2.35. The Bertz CT molecular complexity index is 500. The standard InChI is InChI=1S/C15H20FNO3/c1-10(7-13(18)19)9-17-14(20)15(2,3)11-5-4-6-12(16)8-11/h4-6,8,10H,7,9H2,1-3H3,(H,17,20)(H,18,19). The van der Waals surface area contributed by atoms with Gasteiger partial charge >= 0.3 is 5.97 Å². The molecular formula is C15H20FNO3. The number of carboxylic acids is 1. The van der Waals surface area contributed by atoms with Gasteiger partial charge in [0.15, 0.2) is 0 Å². The molecule has 0 radical (unpaired) electrons. The lowest BCUT2D eigenvalue weighted by molar-refractivity contribution is -0.138. The van der Waals surface area contributed by atoms with E-state index in [1.165, 1.54) is 12.1 Å². The van der Waals surface area contributed by atoms with Gasteiger partial charge in [-0.2, -0.15) is 0 Å². The van der Waals surface area contributed by atoms with Crippen LogP contribution in [0.3, 0.4) is 0 Å². The summed E-state index contributed by atoms with van der Waals surface area (Å²) in [6, 6.07) is 5.92. The third kappa shape index (κ3) is 4.33. The fourth-order valence-corrected chi connectivity index (χ4v) is 1.87. The highest BCUT2D eigenvalue weighted by molar-refractivity contribution is 5.87. The summed E-state index contributed by atoms with van der Waals surface area (Å²) in [5, 5.41) is 11.4. The number of hydrogen-bond donors (Lipinski definition) is 2. The van der Waals surface area contributed by atoms with E-state index in [0.717, 1.165) is 0 Å². The molecule has 0 aliphatic heterocycles. The van der Waals surface area contributed by atoms with Crippen molar-refractivity contribution in [3.8, 4) is 0 Å². The summed E-state index contributed by atoms with van der Waals surface area (Å²) in [4.78, 5) is 22.7. The second-order valence-corrected chi connectivity index (χ2v) is 5.55. The highest BCUT2D eigenvalue weighted by atomic mass is 19.1. The second-order valence-electron chi connectivity index (χ2n) is 5.55. The van der Waals surface area contributed by atoms with Gasteiger partial charge in [0.25, 0.3) is 0 Å². The van der Waals surface area contributed by atoms with Gasteiger partial charge in [0.05, 0.1) is 5.41 Å². The van der Waals surface area contributed by atoms with Crippen molar-refractivity contribution in [1.82, 2.24) is 5.32 Å². The molecule has 0 aromatic heterocycles. The van der Waals surface area contributed by atoms with Crippen molar-refractivity contribution in [2.24, 2.45) is 5.92 Å². The fourth-order valence-electron chi connectivity index (χ4n) is 1.87. The van der Waals surface area contributed by atoms with E-state index in [9.17, 15) is 14.0 Å². The molecule has 1 unspecified atom stereocenters. The van der Waals surface area contributed by atoms with Crippen LogP contribution in [0.2, 0.25) is 0 Å². The van der Waals surface area contributed by atoms with E-state index in [1.54, 1.807) is 32.9 Å². The molecule has 0 fully saturated rings. The zero-order chi connectivity index (χ0) is 15.3. The van der Waals surface area contributed by atoms with Gasteiger partial charge in [-0.05, 0) is 37.5 Å². The summed E-state index contributed by atoms with van der Waals surface area (Å²) >= 11 is 0. The molecule has 1 atom stereocenters. The van der Waals surface area contributed by atoms with Gasteiger partial charge in [0.1, 0.15) is 5.82 Å². The number of carboxylic acid groups (broad SMARTS) is 1. The summed E-state index contributed by atoms with van der Waals surface area (Å²) in [5.41, 5.74) is -0.286. The smallest absolute Gasteiger partial charge is 0.303 e. The van der Waals surface area contributed by atoms with Crippen LogP contribution < -0.4 is 5.32 Å². The maximum absolute atomic E-state index is 13.2. The van der Waals surface area contributed by atoms with Crippen LogP contribution in [0.5, 0.6) is 0 Å². The van der Waals surface area contributed by atoms with Crippen LogP contribution in [0.15, 0.2) is 24.3 Å². The highest BCUT2D eigenvalue weighted by Crippen LogP contribution is 2.24. The molecule has 4 nitrogen and oxygen atoms in total. The van der Waals surface area contributed by atoms with Gasteiger partial charge in [-0.15, -0.1) is 0 Å². The molecule has 0 bridgehead atoms. The summed E-state index contributed by atoms with van der Waals surface area (Å²) in [6.07, 6.45) is 0.000668. The van der Waals surface area contributed by atoms with E-state index in [2.05, 4.69) is 5.32 Å². The van der Waals surface area contributed by atoms with Gasteiger partial charge in [0.2, 0.25) is 5.91 Å². The number of carbonyl (C=O) groups excluding carboxylic acids is 1. The summed E-state index contributed by atoms with van der Waals surface area (Å²) in [7, 11) is 0. The second kappa shape index (κ2) is 6.50. The van der Waals surface area contributed by atoms with Crippen molar-refractivity contribution in [2.45, 2.75) is 32.6 Å². The number of nitrogens with one attached hydrogen (secondary N) is 1. The lowest BCUT2D eigenvalue weighted by atomic mass is 9.83. The zero-order valence-corrected chi connectivity index (χ0v) is 11.9. The minimum Gasteiger partial charge on any atom is -0.481 e. The molecule has 0 saturated heterocycles. The minimum absolute atomic E-state index is 0.000668. The number of rotatable bonds is 6. The Morgan fingerprint density at radius 2 is 2.05 bits per heavy atom. The van der Waals surface area contributed by atoms with Crippen LogP contribution in [-0.2, 0) is 15.0 Å². The minimum atomic E-state index is -0.892. The number of aliphatic carboxylic acids is 1. The number of halogens is 1. The van der Waals surface area contributed by atoms with Gasteiger partial charge in [-0.3, -0.25) is 9.59 Å². The molecular weight excluding hydrogens is 261 g/mol. The largest absolute Gasteiger partial charge is 0.481 e. The molecule has 5 heteroatoms. The van der Waals surface area contributed by atoms with E-state index in [-0.39, 0.29) is 30.6 Å². The van der Waals surface area contributed by atoms with Gasteiger partial charge in [0, 0.05) is 13.0 Å². The van der Waals surface area contributed by atoms with Crippen LogP contribution in [0.4, 0.5) is 4.39 Å². The maximum atomic E-state index is 13.2. The average molecular weight is 281 g/mol. The first-order chi connectivity index (χ1) is 9.23. The van der Waals surface area contributed by atoms with Crippen LogP contribution >= 0.6 is 0 Å². The lowest BCUT2D eigenvalue weighted by Crippen LogP contribution is -2.42. The Morgan fingerprint density at radius 1 is 1.40 bits per heavy atom. The highest BCUT2D eigenvalue weighted by Gasteiger charge is 2.30. The molecule has 0 saturated carbocycles. The van der Waals surface area contributed by atoms with Crippen LogP contribution in [0, 0.1) is 11.7 Å². The molecule has 1 amide bonds. The van der Waals surface area contributed by atoms with E-state index >= 15 is 0 Å². The Labute approximate surface area is 118 Å². The van der Waals surface area contributed by atoms with Crippen LogP contribution in [0.25, 0.3) is 0 Å². The topological polar surface area (TPSA) is 66.4 Å². The Morgan fingerprint density at radius 3 is 2.60 bits per heavy atom. The summed E-state index contributed by atoms with van der Waals surface area (Å²) in [5.74, 6) is -1.68. The maximum Gasteiger partial charge on any atom is 0.303 e. The Balaban J connectivity index is 2.68. The van der Waals surface area contributed by atoms with Gasteiger partial charge in [-0.1, -0.05) is 19.1 Å². The van der Waals surface area contributed by atoms with E-state index in [4.69, 9.17) is 5.11 Å². The van der Waals surface area contributed by atoms with Crippen molar-refractivity contribution in [1.29, 1.82) is 0 Å². The van der Waals surface area contributed by atoms with E-state index in [1.807, 2.05) is 0 Å². The molecule has 1 aromatic rings. The normalized spacial score (nSPS) is 12.8. The van der Waals surface area contributed by atoms with Crippen molar-refractivity contribution >= 4 is 11.9 Å². The van der Waals surface area contributed by atoms with Crippen molar-refractivity contribution in [2.75, 3.05) is 6.54 Å². The molecule has 0 spiro atoms. The third-order valence-electron chi connectivity index (χ3n) is 3.25. The van der Waals surface area contributed by atoms with Crippen LogP contribution in [0.1, 0.15) is 32.8 Å². The number of benzene rings is 1. The molecule has 110 valence electrons. The monoisotopic (exact) mass is 281 g/mol. The van der Waals surface area contributed by atoms with Gasteiger partial charge in [-0.25, -0.2) is 4.39 Å². The SMILES string of the molecule is CC(CNC(=O)C(C)(C)c1cccc(F)c1)CC(=O)O. The third-order valence-corrected chi connectivity index (χ3v) is 3.25. The number of hydrogen-bond acceptors (Lipinski definition) is 2. The predicted molar refractivity (Wildman–Crippen MR) is 73.9 cm³/mol. The fraction of sp³-hybridized carbons (Fsp3) is 0.467. The van der Waals surface area contributed by atoms with E-state index < -0.39 is 11.4 Å². The quantitative estimate of drug-likeness (QED) is 0.841. The van der Waals surface area contributed by atoms with Crippen LogP contribution in [-0.4, -0.2) is 23.5 Å². The molecule has 0 aliphatic rings. The Hall–Kier alpha value is -1.91. The molecule has 2 N–H and O–H groups in total. The Kier molecular flexibility index (Phi) is 5.25. The van der Waals surface area contributed by atoms with Crippen molar-refractivity contribution in [3.05, 3.63) is 35.6 Å². The van der Waals surface area contributed by atoms with Crippen molar-refractivity contribution in [3.63, 3.8) is 0 Å². The molecule has 0 heterocycles.